The van der Waals surface area contributed by atoms with E-state index in [0.29, 0.717) is 22.3 Å². The van der Waals surface area contributed by atoms with Gasteiger partial charge in [0.25, 0.3) is 5.91 Å². The number of amides is 1. The summed E-state index contributed by atoms with van der Waals surface area (Å²) in [5, 5.41) is 6.20. The molecule has 6 nitrogen and oxygen atoms in total. The lowest BCUT2D eigenvalue weighted by molar-refractivity contribution is 0.0952. The van der Waals surface area contributed by atoms with Crippen LogP contribution in [0.25, 0.3) is 0 Å². The Morgan fingerprint density at radius 1 is 1.56 bits per heavy atom. The number of hydrogen-bond donors (Lipinski definition) is 3. The number of furan rings is 1. The van der Waals surface area contributed by atoms with E-state index >= 15 is 0 Å². The maximum absolute atomic E-state index is 11.9. The van der Waals surface area contributed by atoms with Crippen molar-refractivity contribution in [3.8, 4) is 0 Å². The molecular weight excluding hydrogens is 252 g/mol. The molecule has 18 heavy (non-hydrogen) atoms. The summed E-state index contributed by atoms with van der Waals surface area (Å²) in [6.07, 6.45) is 0. The van der Waals surface area contributed by atoms with Crippen LogP contribution in [0.2, 0.25) is 0 Å². The van der Waals surface area contributed by atoms with E-state index in [9.17, 15) is 4.79 Å². The molecular formula is C11H14N4O2S. The van der Waals surface area contributed by atoms with E-state index in [-0.39, 0.29) is 11.7 Å². The van der Waals surface area contributed by atoms with Crippen molar-refractivity contribution in [2.75, 3.05) is 18.1 Å². The van der Waals surface area contributed by atoms with Crippen LogP contribution in [0.3, 0.4) is 0 Å². The SMILES string of the molecule is CNc1nc(N)c(C(=O)NCc2ccc(C)o2)s1. The molecule has 2 heterocycles. The Labute approximate surface area is 108 Å². The fraction of sp³-hybridized carbons (Fsp3) is 0.273. The zero-order chi connectivity index (χ0) is 13.1. The van der Waals surface area contributed by atoms with Gasteiger partial charge in [-0.25, -0.2) is 4.98 Å². The van der Waals surface area contributed by atoms with Crippen LogP contribution < -0.4 is 16.4 Å². The van der Waals surface area contributed by atoms with Gasteiger partial charge in [-0.1, -0.05) is 11.3 Å². The summed E-state index contributed by atoms with van der Waals surface area (Å²) >= 11 is 1.22. The van der Waals surface area contributed by atoms with Gasteiger partial charge < -0.3 is 20.8 Å². The van der Waals surface area contributed by atoms with Crippen LogP contribution in [0.5, 0.6) is 0 Å². The zero-order valence-corrected chi connectivity index (χ0v) is 10.9. The molecule has 0 radical (unpaired) electrons. The molecule has 0 aliphatic heterocycles. The van der Waals surface area contributed by atoms with Crippen molar-refractivity contribution in [1.29, 1.82) is 0 Å². The molecule has 0 fully saturated rings. The molecule has 0 aliphatic carbocycles. The highest BCUT2D eigenvalue weighted by atomic mass is 32.1. The summed E-state index contributed by atoms with van der Waals surface area (Å²) in [7, 11) is 1.73. The maximum Gasteiger partial charge on any atom is 0.265 e. The minimum atomic E-state index is -0.249. The topological polar surface area (TPSA) is 93.2 Å². The number of rotatable bonds is 4. The average Bonchev–Trinajstić information content (AvgIpc) is 2.92. The Morgan fingerprint density at radius 3 is 2.89 bits per heavy atom. The first-order valence-electron chi connectivity index (χ1n) is 5.37. The smallest absolute Gasteiger partial charge is 0.265 e. The van der Waals surface area contributed by atoms with Crippen LogP contribution in [0.1, 0.15) is 21.2 Å². The van der Waals surface area contributed by atoms with Crippen molar-refractivity contribution in [2.24, 2.45) is 0 Å². The number of nitrogen functional groups attached to an aromatic ring is 1. The minimum Gasteiger partial charge on any atom is -0.465 e. The fourth-order valence-corrected chi connectivity index (χ4v) is 2.18. The van der Waals surface area contributed by atoms with Gasteiger partial charge in [-0.15, -0.1) is 0 Å². The number of thiazole rings is 1. The Morgan fingerprint density at radius 2 is 2.33 bits per heavy atom. The van der Waals surface area contributed by atoms with Gasteiger partial charge in [-0.05, 0) is 19.1 Å². The number of hydrogen-bond acceptors (Lipinski definition) is 6. The summed E-state index contributed by atoms with van der Waals surface area (Å²) in [5.74, 6) is 1.50. The molecule has 0 aliphatic rings. The Hall–Kier alpha value is -2.02. The molecule has 0 saturated carbocycles. The van der Waals surface area contributed by atoms with Gasteiger partial charge >= 0.3 is 0 Å². The van der Waals surface area contributed by atoms with Crippen molar-refractivity contribution in [3.05, 3.63) is 28.5 Å². The monoisotopic (exact) mass is 266 g/mol. The van der Waals surface area contributed by atoms with Crippen LogP contribution in [0, 0.1) is 6.92 Å². The lowest BCUT2D eigenvalue weighted by Crippen LogP contribution is -2.22. The summed E-state index contributed by atoms with van der Waals surface area (Å²) in [6, 6.07) is 3.67. The van der Waals surface area contributed by atoms with E-state index in [1.807, 2.05) is 19.1 Å². The highest BCUT2D eigenvalue weighted by molar-refractivity contribution is 7.18. The molecule has 0 bridgehead atoms. The van der Waals surface area contributed by atoms with Gasteiger partial charge in [-0.3, -0.25) is 4.79 Å². The van der Waals surface area contributed by atoms with E-state index < -0.39 is 0 Å². The van der Waals surface area contributed by atoms with Crippen LogP contribution >= 0.6 is 11.3 Å². The molecule has 7 heteroatoms. The van der Waals surface area contributed by atoms with Gasteiger partial charge in [0.1, 0.15) is 22.2 Å². The van der Waals surface area contributed by atoms with Gasteiger partial charge in [0.05, 0.1) is 6.54 Å². The Balaban J connectivity index is 2.01. The first-order chi connectivity index (χ1) is 8.60. The van der Waals surface area contributed by atoms with Crippen LogP contribution in [0.4, 0.5) is 10.9 Å². The standard InChI is InChI=1S/C11H14N4O2S/c1-6-3-4-7(17-6)5-14-10(16)8-9(12)15-11(13-2)18-8/h3-4H,5,12H2,1-2H3,(H,13,15)(H,14,16). The van der Waals surface area contributed by atoms with Gasteiger partial charge in [-0.2, -0.15) is 0 Å². The number of anilines is 2. The van der Waals surface area contributed by atoms with Crippen molar-refractivity contribution in [3.63, 3.8) is 0 Å². The van der Waals surface area contributed by atoms with Crippen LogP contribution in [-0.4, -0.2) is 17.9 Å². The predicted molar refractivity (Wildman–Crippen MR) is 70.7 cm³/mol. The van der Waals surface area contributed by atoms with E-state index in [1.165, 1.54) is 11.3 Å². The molecule has 0 spiro atoms. The van der Waals surface area contributed by atoms with Gasteiger partial charge in [0, 0.05) is 7.05 Å². The highest BCUT2D eigenvalue weighted by Gasteiger charge is 2.15. The second kappa shape index (κ2) is 5.09. The second-order valence-corrected chi connectivity index (χ2v) is 4.68. The number of nitrogens with one attached hydrogen (secondary N) is 2. The molecule has 2 aromatic rings. The van der Waals surface area contributed by atoms with Crippen molar-refractivity contribution >= 4 is 28.2 Å². The minimum absolute atomic E-state index is 0.234. The Bertz CT molecular complexity index is 561. The lowest BCUT2D eigenvalue weighted by Gasteiger charge is -2.01. The Kier molecular flexibility index (Phi) is 3.52. The number of aryl methyl sites for hydroxylation is 1. The normalized spacial score (nSPS) is 10.3. The van der Waals surface area contributed by atoms with Crippen LogP contribution in [-0.2, 0) is 6.54 Å². The van der Waals surface area contributed by atoms with Crippen molar-refractivity contribution in [2.45, 2.75) is 13.5 Å². The molecule has 96 valence electrons. The molecule has 0 aromatic carbocycles. The molecule has 2 aromatic heterocycles. The highest BCUT2D eigenvalue weighted by Crippen LogP contribution is 2.24. The third-order valence-corrected chi connectivity index (χ3v) is 3.38. The van der Waals surface area contributed by atoms with E-state index in [0.717, 1.165) is 5.76 Å². The molecule has 2 rings (SSSR count). The predicted octanol–water partition coefficient (Wildman–Crippen LogP) is 1.60. The summed E-state index contributed by atoms with van der Waals surface area (Å²) in [5.41, 5.74) is 5.67. The molecule has 0 saturated heterocycles. The van der Waals surface area contributed by atoms with E-state index in [1.54, 1.807) is 7.05 Å². The fourth-order valence-electron chi connectivity index (χ4n) is 1.43. The first kappa shape index (κ1) is 12.4. The lowest BCUT2D eigenvalue weighted by atomic mass is 10.4. The molecule has 0 unspecified atom stereocenters. The zero-order valence-electron chi connectivity index (χ0n) is 10.1. The number of nitrogens with zero attached hydrogens (tertiary/aromatic N) is 1. The van der Waals surface area contributed by atoms with Crippen LogP contribution in [0.15, 0.2) is 16.5 Å². The summed E-state index contributed by atoms with van der Waals surface area (Å²) in [6.45, 7) is 2.19. The first-order valence-corrected chi connectivity index (χ1v) is 6.19. The number of carbonyl (C=O) groups is 1. The third kappa shape index (κ3) is 2.62. The van der Waals surface area contributed by atoms with Gasteiger partial charge in [0.2, 0.25) is 0 Å². The molecule has 1 amide bonds. The average molecular weight is 266 g/mol. The summed E-state index contributed by atoms with van der Waals surface area (Å²) in [4.78, 5) is 16.3. The van der Waals surface area contributed by atoms with E-state index in [2.05, 4.69) is 15.6 Å². The number of aromatic nitrogens is 1. The molecule has 4 N–H and O–H groups in total. The van der Waals surface area contributed by atoms with Crippen molar-refractivity contribution in [1.82, 2.24) is 10.3 Å². The molecule has 0 atom stereocenters. The second-order valence-electron chi connectivity index (χ2n) is 3.68. The number of nitrogens with two attached hydrogens (primary N) is 1. The largest absolute Gasteiger partial charge is 0.465 e. The van der Waals surface area contributed by atoms with E-state index in [4.69, 9.17) is 10.2 Å². The van der Waals surface area contributed by atoms with Crippen molar-refractivity contribution < 1.29 is 9.21 Å². The van der Waals surface area contributed by atoms with Gasteiger partial charge in [0.15, 0.2) is 5.13 Å². The third-order valence-electron chi connectivity index (χ3n) is 2.29. The quantitative estimate of drug-likeness (QED) is 0.781. The summed E-state index contributed by atoms with van der Waals surface area (Å²) < 4.78 is 5.36. The number of carbonyl (C=O) groups excluding carboxylic acids is 1. The maximum atomic E-state index is 11.9.